The van der Waals surface area contributed by atoms with Crippen LogP contribution in [0.5, 0.6) is 0 Å². The van der Waals surface area contributed by atoms with E-state index in [1.807, 2.05) is 12.1 Å². The molecule has 0 amide bonds. The highest BCUT2D eigenvalue weighted by Gasteiger charge is 2.27. The Hall–Kier alpha value is -0.380. The minimum absolute atomic E-state index is 0.476. The molecule has 19 heavy (non-hydrogen) atoms. The molecular formula is C12H12O3P2S2. The third-order valence-electron chi connectivity index (χ3n) is 2.39. The SMILES string of the molecule is OP(=S)(OP(O)(=S)c1ccccc1)c1ccccc1. The summed E-state index contributed by atoms with van der Waals surface area (Å²) in [5.41, 5.74) is 0. The van der Waals surface area contributed by atoms with Crippen LogP contribution in [0, 0.1) is 0 Å². The Morgan fingerprint density at radius 3 is 1.32 bits per heavy atom. The molecule has 0 aliphatic heterocycles. The van der Waals surface area contributed by atoms with Crippen molar-refractivity contribution in [2.24, 2.45) is 0 Å². The molecule has 0 aliphatic carbocycles. The topological polar surface area (TPSA) is 49.7 Å². The van der Waals surface area contributed by atoms with Gasteiger partial charge in [0.2, 0.25) is 13.0 Å². The van der Waals surface area contributed by atoms with Gasteiger partial charge in [-0.3, -0.25) is 4.31 Å². The predicted octanol–water partition coefficient (Wildman–Crippen LogP) is 2.26. The average Bonchev–Trinajstić information content (AvgIpc) is 2.40. The largest absolute Gasteiger partial charge is 0.342 e. The van der Waals surface area contributed by atoms with E-state index >= 15 is 0 Å². The van der Waals surface area contributed by atoms with Gasteiger partial charge in [-0.25, -0.2) is 0 Å². The standard InChI is InChI=1S/C12H12O3P2S2/c13-16(18,11-7-3-1-4-8-11)15-17(14,19)12-9-5-2-6-10-12/h1-10H,(H,13,18)(H,14,19). The van der Waals surface area contributed by atoms with Crippen molar-refractivity contribution in [3.8, 4) is 0 Å². The lowest BCUT2D eigenvalue weighted by molar-refractivity contribution is 0.470. The van der Waals surface area contributed by atoms with Crippen LogP contribution in [0.3, 0.4) is 0 Å². The van der Waals surface area contributed by atoms with Gasteiger partial charge in [-0.2, -0.15) is 0 Å². The number of hydrogen-bond acceptors (Lipinski definition) is 3. The quantitative estimate of drug-likeness (QED) is 0.842. The molecule has 0 aliphatic rings. The highest BCUT2D eigenvalue weighted by Crippen LogP contribution is 2.58. The maximum absolute atomic E-state index is 10.3. The van der Waals surface area contributed by atoms with Crippen LogP contribution >= 0.6 is 13.0 Å². The highest BCUT2D eigenvalue weighted by molar-refractivity contribution is 8.20. The van der Waals surface area contributed by atoms with E-state index in [0.29, 0.717) is 10.6 Å². The molecule has 2 rings (SSSR count). The van der Waals surface area contributed by atoms with Crippen LogP contribution in [0.25, 0.3) is 0 Å². The fraction of sp³-hybridized carbons (Fsp3) is 0. The molecule has 0 bridgehead atoms. The fourth-order valence-electron chi connectivity index (χ4n) is 1.48. The Bertz CT molecular complexity index is 589. The summed E-state index contributed by atoms with van der Waals surface area (Å²) in [7, 11) is 0. The summed E-state index contributed by atoms with van der Waals surface area (Å²) >= 11 is 10.2. The van der Waals surface area contributed by atoms with Crippen molar-refractivity contribution in [1.82, 2.24) is 0 Å². The molecule has 2 atom stereocenters. The molecule has 7 heteroatoms. The summed E-state index contributed by atoms with van der Waals surface area (Å²) in [5, 5.41) is 0.952. The Balaban J connectivity index is 2.31. The third kappa shape index (κ3) is 3.80. The van der Waals surface area contributed by atoms with E-state index in [9.17, 15) is 9.79 Å². The first-order valence-electron chi connectivity index (χ1n) is 5.40. The molecule has 2 N–H and O–H groups in total. The maximum Gasteiger partial charge on any atom is 0.222 e. The maximum atomic E-state index is 10.3. The normalized spacial score (nSPS) is 17.4. The molecule has 0 saturated carbocycles. The summed E-state index contributed by atoms with van der Waals surface area (Å²) in [4.78, 5) is 20.6. The van der Waals surface area contributed by atoms with E-state index in [1.54, 1.807) is 48.5 Å². The molecule has 2 aromatic carbocycles. The Kier molecular flexibility index (Phi) is 4.70. The summed E-state index contributed by atoms with van der Waals surface area (Å²) in [6.07, 6.45) is 0. The zero-order valence-electron chi connectivity index (χ0n) is 9.79. The van der Waals surface area contributed by atoms with E-state index < -0.39 is 13.0 Å². The average molecular weight is 330 g/mol. The van der Waals surface area contributed by atoms with Crippen LogP contribution < -0.4 is 10.6 Å². The molecule has 0 fully saturated rings. The number of hydrogen-bond donors (Lipinski definition) is 2. The predicted molar refractivity (Wildman–Crippen MR) is 86.2 cm³/mol. The third-order valence-corrected chi connectivity index (χ3v) is 8.52. The highest BCUT2D eigenvalue weighted by atomic mass is 32.5. The van der Waals surface area contributed by atoms with E-state index in [0.717, 1.165) is 0 Å². The van der Waals surface area contributed by atoms with Crippen LogP contribution in [0.1, 0.15) is 0 Å². The second kappa shape index (κ2) is 5.94. The van der Waals surface area contributed by atoms with Crippen molar-refractivity contribution in [3.63, 3.8) is 0 Å². The first-order chi connectivity index (χ1) is 8.92. The molecule has 0 spiro atoms. The summed E-state index contributed by atoms with van der Waals surface area (Å²) in [6, 6.07) is 17.3. The van der Waals surface area contributed by atoms with E-state index in [4.69, 9.17) is 27.9 Å². The monoisotopic (exact) mass is 330 g/mol. The molecular weight excluding hydrogens is 318 g/mol. The van der Waals surface area contributed by atoms with Gasteiger partial charge in [0.25, 0.3) is 0 Å². The van der Waals surface area contributed by atoms with Gasteiger partial charge in [0.05, 0.1) is 0 Å². The van der Waals surface area contributed by atoms with Gasteiger partial charge in [-0.05, 0) is 47.9 Å². The first-order valence-corrected chi connectivity index (χ1v) is 10.7. The van der Waals surface area contributed by atoms with Crippen molar-refractivity contribution < 1.29 is 14.1 Å². The molecule has 0 saturated heterocycles. The molecule has 2 unspecified atom stereocenters. The van der Waals surface area contributed by atoms with Crippen LogP contribution in [0.15, 0.2) is 60.7 Å². The second-order valence-corrected chi connectivity index (χ2v) is 10.5. The Morgan fingerprint density at radius 1 is 0.684 bits per heavy atom. The minimum Gasteiger partial charge on any atom is -0.342 e. The summed E-state index contributed by atoms with van der Waals surface area (Å²) in [5.74, 6) is 0. The van der Waals surface area contributed by atoms with Gasteiger partial charge in [-0.1, -0.05) is 36.4 Å². The van der Waals surface area contributed by atoms with Crippen LogP contribution in [0.4, 0.5) is 0 Å². The van der Waals surface area contributed by atoms with Crippen molar-refractivity contribution in [3.05, 3.63) is 60.7 Å². The lowest BCUT2D eigenvalue weighted by atomic mass is 10.4. The van der Waals surface area contributed by atoms with Crippen LogP contribution in [0.2, 0.25) is 0 Å². The molecule has 0 aromatic heterocycles. The fourth-order valence-corrected chi connectivity index (χ4v) is 7.38. The minimum atomic E-state index is -3.30. The molecule has 3 nitrogen and oxygen atoms in total. The number of rotatable bonds is 4. The zero-order chi connectivity index (χ0) is 13.9. The molecule has 2 aromatic rings. The Labute approximate surface area is 122 Å². The van der Waals surface area contributed by atoms with E-state index in [-0.39, 0.29) is 0 Å². The van der Waals surface area contributed by atoms with E-state index in [2.05, 4.69) is 0 Å². The zero-order valence-corrected chi connectivity index (χ0v) is 13.2. The molecule has 0 radical (unpaired) electrons. The molecule has 100 valence electrons. The van der Waals surface area contributed by atoms with E-state index in [1.165, 1.54) is 0 Å². The van der Waals surface area contributed by atoms with Crippen LogP contribution in [-0.2, 0) is 27.9 Å². The van der Waals surface area contributed by atoms with Crippen molar-refractivity contribution in [1.29, 1.82) is 0 Å². The van der Waals surface area contributed by atoms with Crippen LogP contribution in [-0.4, -0.2) is 9.79 Å². The summed E-state index contributed by atoms with van der Waals surface area (Å²) in [6.45, 7) is -6.61. The van der Waals surface area contributed by atoms with Crippen molar-refractivity contribution in [2.75, 3.05) is 0 Å². The van der Waals surface area contributed by atoms with Gasteiger partial charge in [0, 0.05) is 10.6 Å². The molecule has 0 heterocycles. The van der Waals surface area contributed by atoms with Crippen molar-refractivity contribution >= 4 is 47.2 Å². The second-order valence-electron chi connectivity index (χ2n) is 3.79. The number of benzene rings is 2. The van der Waals surface area contributed by atoms with Gasteiger partial charge in [0.15, 0.2) is 0 Å². The summed E-state index contributed by atoms with van der Waals surface area (Å²) < 4.78 is 5.36. The first kappa shape index (κ1) is 15.0. The lowest BCUT2D eigenvalue weighted by Gasteiger charge is -2.22. The van der Waals surface area contributed by atoms with Crippen molar-refractivity contribution in [2.45, 2.75) is 0 Å². The smallest absolute Gasteiger partial charge is 0.222 e. The van der Waals surface area contributed by atoms with Gasteiger partial charge in [-0.15, -0.1) is 0 Å². The Morgan fingerprint density at radius 2 is 1.00 bits per heavy atom. The lowest BCUT2D eigenvalue weighted by Crippen LogP contribution is -2.10. The van der Waals surface area contributed by atoms with Gasteiger partial charge < -0.3 is 9.79 Å². The van der Waals surface area contributed by atoms with Gasteiger partial charge in [0.1, 0.15) is 0 Å². The van der Waals surface area contributed by atoms with Gasteiger partial charge >= 0.3 is 0 Å².